The summed E-state index contributed by atoms with van der Waals surface area (Å²) in [7, 11) is 0. The molecule has 1 heterocycles. The minimum atomic E-state index is -0.190. The molecule has 0 aliphatic rings. The molecule has 18 heavy (non-hydrogen) atoms. The molecule has 6 heteroatoms. The van der Waals surface area contributed by atoms with Crippen molar-refractivity contribution in [2.24, 2.45) is 0 Å². The van der Waals surface area contributed by atoms with E-state index in [1.165, 1.54) is 11.3 Å². The van der Waals surface area contributed by atoms with Gasteiger partial charge in [0.2, 0.25) is 0 Å². The van der Waals surface area contributed by atoms with E-state index in [0.717, 1.165) is 10.7 Å². The van der Waals surface area contributed by atoms with E-state index in [4.69, 9.17) is 17.3 Å². The van der Waals surface area contributed by atoms with Crippen LogP contribution in [-0.2, 0) is 6.54 Å². The number of anilines is 1. The van der Waals surface area contributed by atoms with Gasteiger partial charge in [0, 0.05) is 16.6 Å². The standard InChI is InChI=1S/C12H12ClN3OS/c1-7-6-18-11(16-7)5-15-12(17)8-2-3-10(14)9(13)4-8/h2-4,6H,5,14H2,1H3,(H,15,17). The molecule has 0 saturated heterocycles. The van der Waals surface area contributed by atoms with Gasteiger partial charge in [0.25, 0.3) is 5.91 Å². The quantitative estimate of drug-likeness (QED) is 0.850. The monoisotopic (exact) mass is 281 g/mol. The first-order valence-electron chi connectivity index (χ1n) is 5.30. The number of nitrogens with one attached hydrogen (secondary N) is 1. The number of halogens is 1. The lowest BCUT2D eigenvalue weighted by molar-refractivity contribution is 0.0951. The Bertz CT molecular complexity index is 582. The second-order valence-electron chi connectivity index (χ2n) is 3.80. The number of hydrogen-bond donors (Lipinski definition) is 2. The fourth-order valence-electron chi connectivity index (χ4n) is 1.41. The molecule has 94 valence electrons. The molecule has 2 rings (SSSR count). The molecular formula is C12H12ClN3OS. The number of nitrogen functional groups attached to an aromatic ring is 1. The number of hydrogen-bond acceptors (Lipinski definition) is 4. The average molecular weight is 282 g/mol. The van der Waals surface area contributed by atoms with Crippen LogP contribution in [0, 0.1) is 6.92 Å². The Kier molecular flexibility index (Phi) is 3.84. The van der Waals surface area contributed by atoms with Gasteiger partial charge in [-0.1, -0.05) is 11.6 Å². The van der Waals surface area contributed by atoms with Crippen molar-refractivity contribution in [3.63, 3.8) is 0 Å². The van der Waals surface area contributed by atoms with E-state index in [1.807, 2.05) is 12.3 Å². The van der Waals surface area contributed by atoms with E-state index in [0.29, 0.717) is 22.8 Å². The second-order valence-corrected chi connectivity index (χ2v) is 5.15. The number of nitrogens with zero attached hydrogens (tertiary/aromatic N) is 1. The van der Waals surface area contributed by atoms with E-state index in [1.54, 1.807) is 18.2 Å². The van der Waals surface area contributed by atoms with E-state index in [9.17, 15) is 4.79 Å². The molecular weight excluding hydrogens is 270 g/mol. The third-order valence-corrected chi connectivity index (χ3v) is 3.62. The Labute approximate surface area is 114 Å². The van der Waals surface area contributed by atoms with Crippen molar-refractivity contribution in [3.05, 3.63) is 44.9 Å². The molecule has 1 amide bonds. The number of benzene rings is 1. The maximum atomic E-state index is 11.9. The smallest absolute Gasteiger partial charge is 0.251 e. The maximum absolute atomic E-state index is 11.9. The van der Waals surface area contributed by atoms with Crippen LogP contribution < -0.4 is 11.1 Å². The molecule has 0 aliphatic carbocycles. The molecule has 1 aromatic carbocycles. The lowest BCUT2D eigenvalue weighted by Crippen LogP contribution is -2.22. The minimum Gasteiger partial charge on any atom is -0.398 e. The number of carbonyl (C=O) groups is 1. The highest BCUT2D eigenvalue weighted by Crippen LogP contribution is 2.19. The van der Waals surface area contributed by atoms with Gasteiger partial charge in [-0.05, 0) is 25.1 Å². The largest absolute Gasteiger partial charge is 0.398 e. The van der Waals surface area contributed by atoms with Crippen LogP contribution in [0.15, 0.2) is 23.6 Å². The van der Waals surface area contributed by atoms with Crippen molar-refractivity contribution in [1.29, 1.82) is 0 Å². The predicted octanol–water partition coefficient (Wildman–Crippen LogP) is 2.62. The first-order valence-corrected chi connectivity index (χ1v) is 6.56. The summed E-state index contributed by atoms with van der Waals surface area (Å²) in [4.78, 5) is 16.1. The fourth-order valence-corrected chi connectivity index (χ4v) is 2.30. The summed E-state index contributed by atoms with van der Waals surface area (Å²) in [5.41, 5.74) is 7.49. The van der Waals surface area contributed by atoms with Gasteiger partial charge in [0.1, 0.15) is 5.01 Å². The summed E-state index contributed by atoms with van der Waals surface area (Å²) < 4.78 is 0. The van der Waals surface area contributed by atoms with E-state index in [2.05, 4.69) is 10.3 Å². The van der Waals surface area contributed by atoms with Gasteiger partial charge >= 0.3 is 0 Å². The van der Waals surface area contributed by atoms with Crippen LogP contribution in [-0.4, -0.2) is 10.9 Å². The summed E-state index contributed by atoms with van der Waals surface area (Å²) in [5.74, 6) is -0.190. The molecule has 0 bridgehead atoms. The zero-order valence-electron chi connectivity index (χ0n) is 9.74. The van der Waals surface area contributed by atoms with Crippen LogP contribution >= 0.6 is 22.9 Å². The maximum Gasteiger partial charge on any atom is 0.251 e. The molecule has 1 aromatic heterocycles. The van der Waals surface area contributed by atoms with Crippen LogP contribution in [0.3, 0.4) is 0 Å². The molecule has 0 fully saturated rings. The Morgan fingerprint density at radius 3 is 2.94 bits per heavy atom. The lowest BCUT2D eigenvalue weighted by atomic mass is 10.2. The third-order valence-electron chi connectivity index (χ3n) is 2.33. The third kappa shape index (κ3) is 3.00. The summed E-state index contributed by atoms with van der Waals surface area (Å²) in [6.07, 6.45) is 0. The number of rotatable bonds is 3. The Morgan fingerprint density at radius 1 is 1.56 bits per heavy atom. The first kappa shape index (κ1) is 12.9. The summed E-state index contributed by atoms with van der Waals surface area (Å²) >= 11 is 7.38. The average Bonchev–Trinajstić information content (AvgIpc) is 2.75. The van der Waals surface area contributed by atoms with Crippen LogP contribution in [0.1, 0.15) is 21.1 Å². The van der Waals surface area contributed by atoms with Gasteiger partial charge < -0.3 is 11.1 Å². The zero-order valence-corrected chi connectivity index (χ0v) is 11.3. The zero-order chi connectivity index (χ0) is 13.1. The number of nitrogens with two attached hydrogens (primary N) is 1. The minimum absolute atomic E-state index is 0.190. The second kappa shape index (κ2) is 5.37. The molecule has 0 aliphatic heterocycles. The topological polar surface area (TPSA) is 68.0 Å². The number of carbonyl (C=O) groups excluding carboxylic acids is 1. The van der Waals surface area contributed by atoms with E-state index in [-0.39, 0.29) is 5.91 Å². The first-order chi connectivity index (χ1) is 8.56. The Hall–Kier alpha value is -1.59. The highest BCUT2D eigenvalue weighted by atomic mass is 35.5. The Balaban J connectivity index is 2.01. The van der Waals surface area contributed by atoms with Gasteiger partial charge in [-0.25, -0.2) is 4.98 Å². The molecule has 0 radical (unpaired) electrons. The summed E-state index contributed by atoms with van der Waals surface area (Å²) in [5, 5.41) is 5.99. The van der Waals surface area contributed by atoms with E-state index >= 15 is 0 Å². The van der Waals surface area contributed by atoms with Gasteiger partial charge in [0.05, 0.1) is 17.3 Å². The highest BCUT2D eigenvalue weighted by molar-refractivity contribution is 7.09. The predicted molar refractivity (Wildman–Crippen MR) is 73.9 cm³/mol. The molecule has 4 nitrogen and oxygen atoms in total. The van der Waals surface area contributed by atoms with Crippen molar-refractivity contribution in [1.82, 2.24) is 10.3 Å². The molecule has 0 saturated carbocycles. The van der Waals surface area contributed by atoms with Crippen LogP contribution in [0.5, 0.6) is 0 Å². The molecule has 2 aromatic rings. The van der Waals surface area contributed by atoms with Crippen LogP contribution in [0.2, 0.25) is 5.02 Å². The van der Waals surface area contributed by atoms with Gasteiger partial charge in [-0.3, -0.25) is 4.79 Å². The van der Waals surface area contributed by atoms with Crippen LogP contribution in [0.25, 0.3) is 0 Å². The van der Waals surface area contributed by atoms with Crippen molar-refractivity contribution >= 4 is 34.5 Å². The van der Waals surface area contributed by atoms with Gasteiger partial charge in [-0.15, -0.1) is 11.3 Å². The normalized spacial score (nSPS) is 10.3. The number of thiazole rings is 1. The summed E-state index contributed by atoms with van der Waals surface area (Å²) in [6.45, 7) is 2.33. The van der Waals surface area contributed by atoms with Crippen molar-refractivity contribution < 1.29 is 4.79 Å². The van der Waals surface area contributed by atoms with Crippen molar-refractivity contribution in [2.45, 2.75) is 13.5 Å². The van der Waals surface area contributed by atoms with E-state index < -0.39 is 0 Å². The number of aryl methyl sites for hydroxylation is 1. The number of aromatic nitrogens is 1. The summed E-state index contributed by atoms with van der Waals surface area (Å²) in [6, 6.07) is 4.81. The van der Waals surface area contributed by atoms with Crippen molar-refractivity contribution in [2.75, 3.05) is 5.73 Å². The fraction of sp³-hybridized carbons (Fsp3) is 0.167. The molecule has 0 atom stereocenters. The van der Waals surface area contributed by atoms with Gasteiger partial charge in [0.15, 0.2) is 0 Å². The molecule has 0 unspecified atom stereocenters. The highest BCUT2D eigenvalue weighted by Gasteiger charge is 2.08. The molecule has 0 spiro atoms. The lowest BCUT2D eigenvalue weighted by Gasteiger charge is -2.04. The SMILES string of the molecule is Cc1csc(CNC(=O)c2ccc(N)c(Cl)c2)n1. The number of amides is 1. The van der Waals surface area contributed by atoms with Gasteiger partial charge in [-0.2, -0.15) is 0 Å². The van der Waals surface area contributed by atoms with Crippen molar-refractivity contribution in [3.8, 4) is 0 Å². The van der Waals surface area contributed by atoms with Crippen LogP contribution in [0.4, 0.5) is 5.69 Å². The molecule has 3 N–H and O–H groups in total. The Morgan fingerprint density at radius 2 is 2.33 bits per heavy atom.